The Bertz CT molecular complexity index is 1350. The van der Waals surface area contributed by atoms with Gasteiger partial charge in [-0.15, -0.1) is 0 Å². The summed E-state index contributed by atoms with van der Waals surface area (Å²) in [6.07, 6.45) is -4.95. The minimum absolute atomic E-state index is 0.0243. The molecule has 4 rings (SSSR count). The number of rotatable bonds is 4. The standard InChI is InChI=1S/C24H18F3N3O2/c1-15(22(31)29-18-12-6-5-11-17(18)16-9-3-2-4-10-16)30-20-14-8-7-13-19(20)28-21(23(30)32)24(25,26)27/h2-15H,1H3,(H,29,31)/t15-/m0/s1. The van der Waals surface area contributed by atoms with E-state index in [1.807, 2.05) is 42.5 Å². The molecule has 162 valence electrons. The number of nitrogens with zero attached hydrogens (tertiary/aromatic N) is 2. The summed E-state index contributed by atoms with van der Waals surface area (Å²) in [5, 5.41) is 2.76. The largest absolute Gasteiger partial charge is 0.438 e. The molecule has 0 fully saturated rings. The second-order valence-electron chi connectivity index (χ2n) is 7.20. The Hall–Kier alpha value is -3.94. The molecule has 1 atom stereocenters. The highest BCUT2D eigenvalue weighted by atomic mass is 19.4. The Balaban J connectivity index is 1.77. The smallest absolute Gasteiger partial charge is 0.324 e. The van der Waals surface area contributed by atoms with Crippen LogP contribution < -0.4 is 10.9 Å². The van der Waals surface area contributed by atoms with Gasteiger partial charge < -0.3 is 5.32 Å². The van der Waals surface area contributed by atoms with Crippen molar-refractivity contribution in [3.63, 3.8) is 0 Å². The Morgan fingerprint density at radius 2 is 1.56 bits per heavy atom. The first-order chi connectivity index (χ1) is 15.3. The van der Waals surface area contributed by atoms with Crippen LogP contribution in [-0.4, -0.2) is 15.5 Å². The van der Waals surface area contributed by atoms with Crippen LogP contribution in [0.3, 0.4) is 0 Å². The van der Waals surface area contributed by atoms with Gasteiger partial charge in [0.1, 0.15) is 6.04 Å². The van der Waals surface area contributed by atoms with E-state index in [4.69, 9.17) is 0 Å². The number of carbonyl (C=O) groups is 1. The van der Waals surface area contributed by atoms with Crippen LogP contribution >= 0.6 is 0 Å². The average Bonchev–Trinajstić information content (AvgIpc) is 2.78. The summed E-state index contributed by atoms with van der Waals surface area (Å²) in [5.74, 6) is -0.625. The van der Waals surface area contributed by atoms with Crippen LogP contribution in [0.25, 0.3) is 22.2 Å². The van der Waals surface area contributed by atoms with E-state index in [0.717, 1.165) is 15.7 Å². The van der Waals surface area contributed by atoms with Crippen molar-refractivity contribution in [3.05, 3.63) is 94.9 Å². The maximum atomic E-state index is 13.4. The van der Waals surface area contributed by atoms with Gasteiger partial charge in [-0.3, -0.25) is 14.2 Å². The molecule has 5 nitrogen and oxygen atoms in total. The highest BCUT2D eigenvalue weighted by Crippen LogP contribution is 2.30. The molecule has 1 amide bonds. The van der Waals surface area contributed by atoms with E-state index < -0.39 is 29.4 Å². The summed E-state index contributed by atoms with van der Waals surface area (Å²) in [6.45, 7) is 1.38. The van der Waals surface area contributed by atoms with Gasteiger partial charge in [-0.25, -0.2) is 4.98 Å². The summed E-state index contributed by atoms with van der Waals surface area (Å²) < 4.78 is 41.1. The molecule has 0 unspecified atom stereocenters. The minimum atomic E-state index is -4.95. The van der Waals surface area contributed by atoms with Crippen molar-refractivity contribution < 1.29 is 18.0 Å². The van der Waals surface area contributed by atoms with Crippen LogP contribution in [0.2, 0.25) is 0 Å². The summed E-state index contributed by atoms with van der Waals surface area (Å²) in [7, 11) is 0. The molecule has 0 saturated heterocycles. The van der Waals surface area contributed by atoms with Gasteiger partial charge in [0.05, 0.1) is 11.0 Å². The lowest BCUT2D eigenvalue weighted by Gasteiger charge is -2.20. The predicted molar refractivity (Wildman–Crippen MR) is 116 cm³/mol. The number of nitrogens with one attached hydrogen (secondary N) is 1. The number of hydrogen-bond donors (Lipinski definition) is 1. The second-order valence-corrected chi connectivity index (χ2v) is 7.20. The van der Waals surface area contributed by atoms with Gasteiger partial charge >= 0.3 is 6.18 Å². The van der Waals surface area contributed by atoms with Crippen molar-refractivity contribution in [2.24, 2.45) is 0 Å². The maximum Gasteiger partial charge on any atom is 0.438 e. The third-order valence-electron chi connectivity index (χ3n) is 5.10. The molecule has 0 spiro atoms. The van der Waals surface area contributed by atoms with Crippen molar-refractivity contribution in [2.75, 3.05) is 5.32 Å². The van der Waals surface area contributed by atoms with Crippen molar-refractivity contribution in [2.45, 2.75) is 19.1 Å². The fraction of sp³-hybridized carbons (Fsp3) is 0.125. The SMILES string of the molecule is C[C@@H](C(=O)Nc1ccccc1-c1ccccc1)n1c(=O)c(C(F)(F)F)nc2ccccc21. The molecule has 1 heterocycles. The molecule has 1 aromatic heterocycles. The molecule has 0 aliphatic heterocycles. The lowest BCUT2D eigenvalue weighted by atomic mass is 10.0. The van der Waals surface area contributed by atoms with E-state index in [2.05, 4.69) is 10.3 Å². The molecule has 3 aromatic carbocycles. The Kier molecular flexibility index (Phi) is 5.52. The maximum absolute atomic E-state index is 13.4. The molecule has 0 bridgehead atoms. The van der Waals surface area contributed by atoms with Gasteiger partial charge in [0.25, 0.3) is 5.56 Å². The molecule has 4 aromatic rings. The number of halogens is 3. The van der Waals surface area contributed by atoms with E-state index in [1.165, 1.54) is 25.1 Å². The van der Waals surface area contributed by atoms with E-state index in [0.29, 0.717) is 5.69 Å². The molecule has 8 heteroatoms. The van der Waals surface area contributed by atoms with E-state index >= 15 is 0 Å². The number of amides is 1. The molecule has 1 N–H and O–H groups in total. The Morgan fingerprint density at radius 1 is 0.938 bits per heavy atom. The van der Waals surface area contributed by atoms with Crippen LogP contribution in [-0.2, 0) is 11.0 Å². The van der Waals surface area contributed by atoms with Gasteiger partial charge in [-0.05, 0) is 30.7 Å². The quantitative estimate of drug-likeness (QED) is 0.472. The number of hydrogen-bond acceptors (Lipinski definition) is 3. The van der Waals surface area contributed by atoms with Gasteiger partial charge in [0.2, 0.25) is 11.6 Å². The highest BCUT2D eigenvalue weighted by Gasteiger charge is 2.38. The molecule has 32 heavy (non-hydrogen) atoms. The number of carbonyl (C=O) groups excluding carboxylic acids is 1. The molecular formula is C24H18F3N3O2. The normalized spacial score (nSPS) is 12.5. The predicted octanol–water partition coefficient (Wildman–Crippen LogP) is 5.28. The van der Waals surface area contributed by atoms with E-state index in [9.17, 15) is 22.8 Å². The number of alkyl halides is 3. The van der Waals surface area contributed by atoms with Crippen LogP contribution in [0.4, 0.5) is 18.9 Å². The molecule has 0 aliphatic carbocycles. The summed E-state index contributed by atoms with van der Waals surface area (Å²) >= 11 is 0. The summed E-state index contributed by atoms with van der Waals surface area (Å²) in [4.78, 5) is 29.3. The van der Waals surface area contributed by atoms with Crippen molar-refractivity contribution in [1.82, 2.24) is 9.55 Å². The number of fused-ring (bicyclic) bond motifs is 1. The van der Waals surface area contributed by atoms with Gasteiger partial charge in [-0.1, -0.05) is 60.7 Å². The first-order valence-corrected chi connectivity index (χ1v) is 9.81. The zero-order valence-corrected chi connectivity index (χ0v) is 16.9. The Labute approximate surface area is 181 Å². The molecule has 0 radical (unpaired) electrons. The number of para-hydroxylation sites is 3. The van der Waals surface area contributed by atoms with E-state index in [1.54, 1.807) is 18.2 Å². The first-order valence-electron chi connectivity index (χ1n) is 9.81. The van der Waals surface area contributed by atoms with Gasteiger partial charge in [-0.2, -0.15) is 13.2 Å². The average molecular weight is 437 g/mol. The van der Waals surface area contributed by atoms with Crippen molar-refractivity contribution in [3.8, 4) is 11.1 Å². The molecule has 0 saturated carbocycles. The monoisotopic (exact) mass is 437 g/mol. The molecular weight excluding hydrogens is 419 g/mol. The lowest BCUT2D eigenvalue weighted by molar-refractivity contribution is -0.142. The zero-order valence-electron chi connectivity index (χ0n) is 16.9. The van der Waals surface area contributed by atoms with Crippen LogP contribution in [0.15, 0.2) is 83.7 Å². The number of anilines is 1. The third-order valence-corrected chi connectivity index (χ3v) is 5.10. The molecule has 0 aliphatic rings. The summed E-state index contributed by atoms with van der Waals surface area (Å²) in [5.41, 5.74) is -0.708. The zero-order chi connectivity index (χ0) is 22.9. The van der Waals surface area contributed by atoms with Gasteiger partial charge in [0.15, 0.2) is 0 Å². The van der Waals surface area contributed by atoms with Crippen LogP contribution in [0.1, 0.15) is 18.7 Å². The fourth-order valence-corrected chi connectivity index (χ4v) is 3.54. The fourth-order valence-electron chi connectivity index (χ4n) is 3.54. The summed E-state index contributed by atoms with van der Waals surface area (Å²) in [6, 6.07) is 21.1. The first kappa shape index (κ1) is 21.3. The Morgan fingerprint density at radius 3 is 2.28 bits per heavy atom. The van der Waals surface area contributed by atoms with Crippen LogP contribution in [0, 0.1) is 0 Å². The highest BCUT2D eigenvalue weighted by molar-refractivity contribution is 5.98. The van der Waals surface area contributed by atoms with Crippen molar-refractivity contribution >= 4 is 22.6 Å². The second kappa shape index (κ2) is 8.30. The lowest BCUT2D eigenvalue weighted by Crippen LogP contribution is -2.36. The minimum Gasteiger partial charge on any atom is -0.324 e. The van der Waals surface area contributed by atoms with E-state index in [-0.39, 0.29) is 11.0 Å². The van der Waals surface area contributed by atoms with Crippen LogP contribution in [0.5, 0.6) is 0 Å². The van der Waals surface area contributed by atoms with Gasteiger partial charge in [0, 0.05) is 11.3 Å². The third kappa shape index (κ3) is 3.99. The number of benzene rings is 3. The number of aromatic nitrogens is 2. The topological polar surface area (TPSA) is 64.0 Å². The van der Waals surface area contributed by atoms with Crippen molar-refractivity contribution in [1.29, 1.82) is 0 Å².